The predicted molar refractivity (Wildman–Crippen MR) is 158 cm³/mol. The number of rotatable bonds is 7. The van der Waals surface area contributed by atoms with Crippen molar-refractivity contribution in [1.82, 2.24) is 4.98 Å². The first-order chi connectivity index (χ1) is 19.1. The molecule has 0 atom stereocenters. The summed E-state index contributed by atoms with van der Waals surface area (Å²) in [5.41, 5.74) is 3.02. The summed E-state index contributed by atoms with van der Waals surface area (Å²) in [6.07, 6.45) is 7.35. The Balaban J connectivity index is 1.51. The number of methoxy groups -OCH3 is 1. The highest BCUT2D eigenvalue weighted by atomic mass is 32.1. The molecule has 0 spiro atoms. The molecular weight excluding hydrogens is 530 g/mol. The third-order valence-corrected chi connectivity index (χ3v) is 9.70. The van der Waals surface area contributed by atoms with Gasteiger partial charge in [-0.1, -0.05) is 22.7 Å². The molecule has 0 saturated carbocycles. The molecule has 4 heterocycles. The Labute approximate surface area is 236 Å². The number of nitrogens with zero attached hydrogens (tertiary/aromatic N) is 5. The highest BCUT2D eigenvalue weighted by Crippen LogP contribution is 2.43. The summed E-state index contributed by atoms with van der Waals surface area (Å²) in [6, 6.07) is 14.9. The van der Waals surface area contributed by atoms with Gasteiger partial charge in [0, 0.05) is 56.0 Å². The number of thiazole rings is 2. The number of piperidine rings is 2. The number of aromatic nitrogens is 2. The van der Waals surface area contributed by atoms with Crippen LogP contribution in [0, 0.1) is 10.1 Å². The van der Waals surface area contributed by atoms with E-state index in [-0.39, 0.29) is 10.6 Å². The van der Waals surface area contributed by atoms with Gasteiger partial charge < -0.3 is 14.5 Å². The van der Waals surface area contributed by atoms with Gasteiger partial charge in [0.15, 0.2) is 15.8 Å². The van der Waals surface area contributed by atoms with Gasteiger partial charge in [0.1, 0.15) is 5.75 Å². The third kappa shape index (κ3) is 5.23. The van der Waals surface area contributed by atoms with E-state index in [0.717, 1.165) is 64.8 Å². The second-order valence-electron chi connectivity index (χ2n) is 10.0. The fraction of sp³-hybridized carbons (Fsp3) is 0.379. The van der Waals surface area contributed by atoms with Crippen LogP contribution in [0.25, 0.3) is 26.8 Å². The van der Waals surface area contributed by atoms with Crippen molar-refractivity contribution in [3.8, 4) is 32.6 Å². The molecule has 0 aliphatic carbocycles. The fourth-order valence-electron chi connectivity index (χ4n) is 5.40. The zero-order chi connectivity index (χ0) is 26.8. The molecule has 0 N–H and O–H groups in total. The standard InChI is InChI=1S/C29H32N5O3S2/c1-37-24-14-12-22(13-15-24)33-25(21-8-10-23(11-9-21)34(35)36)20-38-28(33)26-27(31-16-4-2-5-17-31)30-29(39-26)32-18-6-3-7-19-32/h8-15,20H,2-7,16-19H2,1H3/q+1. The lowest BCUT2D eigenvalue weighted by Crippen LogP contribution is -2.34. The summed E-state index contributed by atoms with van der Waals surface area (Å²) in [7, 11) is 1.67. The molecule has 2 aliphatic rings. The minimum absolute atomic E-state index is 0.0891. The van der Waals surface area contributed by atoms with Crippen LogP contribution in [0.15, 0.2) is 53.9 Å². The first kappa shape index (κ1) is 25.8. The molecule has 6 rings (SSSR count). The predicted octanol–water partition coefficient (Wildman–Crippen LogP) is 6.71. The van der Waals surface area contributed by atoms with Gasteiger partial charge in [-0.25, -0.2) is 4.98 Å². The quantitative estimate of drug-likeness (QED) is 0.142. The largest absolute Gasteiger partial charge is 0.497 e. The summed E-state index contributed by atoms with van der Waals surface area (Å²) in [4.78, 5) is 22.3. The number of nitro groups is 1. The van der Waals surface area contributed by atoms with Crippen molar-refractivity contribution in [3.63, 3.8) is 0 Å². The molecule has 0 amide bonds. The molecule has 202 valence electrons. The van der Waals surface area contributed by atoms with Crippen LogP contribution in [-0.2, 0) is 0 Å². The molecule has 0 radical (unpaired) electrons. The molecule has 4 aromatic rings. The van der Waals surface area contributed by atoms with Crippen LogP contribution >= 0.6 is 22.7 Å². The average Bonchev–Trinajstić information content (AvgIpc) is 3.63. The van der Waals surface area contributed by atoms with Gasteiger partial charge in [0.05, 0.1) is 17.4 Å². The minimum Gasteiger partial charge on any atom is -0.497 e. The van der Waals surface area contributed by atoms with E-state index in [1.807, 2.05) is 24.3 Å². The SMILES string of the molecule is COc1ccc(-[n+]2c(-c3ccc([N+](=O)[O-])cc3)csc2-c2sc(N3CCCCC3)nc2N2CCCCC2)cc1. The normalized spacial score (nSPS) is 15.9. The number of anilines is 2. The molecule has 2 aromatic carbocycles. The maximum Gasteiger partial charge on any atom is 0.289 e. The number of hydrogen-bond acceptors (Lipinski definition) is 8. The van der Waals surface area contributed by atoms with Crippen molar-refractivity contribution in [1.29, 1.82) is 0 Å². The Morgan fingerprint density at radius 3 is 2.15 bits per heavy atom. The third-order valence-electron chi connectivity index (χ3n) is 7.51. The molecule has 2 aliphatic heterocycles. The molecule has 2 aromatic heterocycles. The van der Waals surface area contributed by atoms with E-state index in [4.69, 9.17) is 9.72 Å². The van der Waals surface area contributed by atoms with Gasteiger partial charge >= 0.3 is 0 Å². The van der Waals surface area contributed by atoms with E-state index in [2.05, 4.69) is 31.9 Å². The highest BCUT2D eigenvalue weighted by Gasteiger charge is 2.33. The topological polar surface area (TPSA) is 75.6 Å². The molecule has 2 saturated heterocycles. The first-order valence-corrected chi connectivity index (χ1v) is 15.3. The number of ether oxygens (including phenoxy) is 1. The van der Waals surface area contributed by atoms with Crippen LogP contribution in [-0.4, -0.2) is 43.2 Å². The van der Waals surface area contributed by atoms with E-state index >= 15 is 0 Å². The van der Waals surface area contributed by atoms with Crippen LogP contribution in [0.1, 0.15) is 38.5 Å². The van der Waals surface area contributed by atoms with E-state index in [9.17, 15) is 10.1 Å². The van der Waals surface area contributed by atoms with Crippen molar-refractivity contribution < 1.29 is 14.2 Å². The summed E-state index contributed by atoms with van der Waals surface area (Å²) in [5.74, 6) is 1.88. The van der Waals surface area contributed by atoms with Crippen LogP contribution in [0.5, 0.6) is 5.75 Å². The lowest BCUT2D eigenvalue weighted by atomic mass is 10.1. The van der Waals surface area contributed by atoms with E-state index in [1.54, 1.807) is 41.9 Å². The highest BCUT2D eigenvalue weighted by molar-refractivity contribution is 7.23. The molecule has 39 heavy (non-hydrogen) atoms. The van der Waals surface area contributed by atoms with Gasteiger partial charge in [-0.15, -0.1) is 4.57 Å². The maximum atomic E-state index is 11.3. The van der Waals surface area contributed by atoms with Crippen molar-refractivity contribution in [3.05, 3.63) is 64.0 Å². The van der Waals surface area contributed by atoms with Crippen LogP contribution in [0.3, 0.4) is 0 Å². The van der Waals surface area contributed by atoms with Crippen LogP contribution in [0.2, 0.25) is 0 Å². The number of benzene rings is 2. The van der Waals surface area contributed by atoms with Crippen molar-refractivity contribution in [2.45, 2.75) is 38.5 Å². The van der Waals surface area contributed by atoms with Crippen molar-refractivity contribution >= 4 is 39.3 Å². The summed E-state index contributed by atoms with van der Waals surface area (Å²) >= 11 is 3.49. The number of nitro benzene ring substituents is 1. The van der Waals surface area contributed by atoms with Gasteiger partial charge in [-0.05, 0) is 62.8 Å². The number of non-ortho nitro benzene ring substituents is 1. The fourth-order valence-corrected chi connectivity index (χ4v) is 7.71. The Kier molecular flexibility index (Phi) is 7.47. The van der Waals surface area contributed by atoms with Crippen LogP contribution in [0.4, 0.5) is 16.6 Å². The zero-order valence-electron chi connectivity index (χ0n) is 22.0. The Hall–Kier alpha value is -3.50. The van der Waals surface area contributed by atoms with Crippen LogP contribution < -0.4 is 19.1 Å². The van der Waals surface area contributed by atoms with E-state index < -0.39 is 0 Å². The van der Waals surface area contributed by atoms with Gasteiger partial charge in [0.25, 0.3) is 10.7 Å². The smallest absolute Gasteiger partial charge is 0.289 e. The van der Waals surface area contributed by atoms with Crippen molar-refractivity contribution in [2.75, 3.05) is 43.1 Å². The lowest BCUT2D eigenvalue weighted by molar-refractivity contribution is -0.567. The monoisotopic (exact) mass is 562 g/mol. The van der Waals surface area contributed by atoms with E-state index in [0.29, 0.717) is 0 Å². The second-order valence-corrected chi connectivity index (χ2v) is 11.8. The molecule has 10 heteroatoms. The summed E-state index contributed by atoms with van der Waals surface area (Å²) in [6.45, 7) is 4.17. The number of hydrogen-bond donors (Lipinski definition) is 0. The second kappa shape index (κ2) is 11.3. The maximum absolute atomic E-state index is 11.3. The van der Waals surface area contributed by atoms with Gasteiger partial charge in [-0.3, -0.25) is 10.1 Å². The average molecular weight is 563 g/mol. The Morgan fingerprint density at radius 1 is 0.897 bits per heavy atom. The molecule has 0 unspecified atom stereocenters. The Bertz CT molecular complexity index is 1440. The van der Waals surface area contributed by atoms with Crippen molar-refractivity contribution in [2.24, 2.45) is 0 Å². The Morgan fingerprint density at radius 2 is 1.54 bits per heavy atom. The minimum atomic E-state index is -0.356. The molecule has 8 nitrogen and oxygen atoms in total. The first-order valence-electron chi connectivity index (χ1n) is 13.6. The lowest BCUT2D eigenvalue weighted by Gasteiger charge is -2.28. The zero-order valence-corrected chi connectivity index (χ0v) is 23.7. The van der Waals surface area contributed by atoms with E-state index in [1.165, 1.54) is 43.4 Å². The molecular formula is C29H32N5O3S2+. The molecule has 0 bridgehead atoms. The molecule has 2 fully saturated rings. The summed E-state index contributed by atoms with van der Waals surface area (Å²) < 4.78 is 7.70. The van der Waals surface area contributed by atoms with Gasteiger partial charge in [-0.2, -0.15) is 0 Å². The summed E-state index contributed by atoms with van der Waals surface area (Å²) in [5, 5.41) is 15.7. The van der Waals surface area contributed by atoms with Gasteiger partial charge in [0.2, 0.25) is 11.4 Å².